The molecule has 0 fully saturated rings. The second-order valence-corrected chi connectivity index (χ2v) is 4.66. The second kappa shape index (κ2) is 6.30. The van der Waals surface area contributed by atoms with Crippen molar-refractivity contribution in [3.05, 3.63) is 58.6 Å². The molecule has 104 valence electrons. The summed E-state index contributed by atoms with van der Waals surface area (Å²) in [5, 5.41) is 15.9. The Balaban J connectivity index is 2.04. The predicted octanol–water partition coefficient (Wildman–Crippen LogP) is 3.02. The van der Waals surface area contributed by atoms with Gasteiger partial charge in [0.2, 0.25) is 0 Å². The molecule has 0 radical (unpaired) electrons. The van der Waals surface area contributed by atoms with E-state index in [0.717, 1.165) is 5.69 Å². The van der Waals surface area contributed by atoms with Gasteiger partial charge in [0.1, 0.15) is 5.75 Å². The summed E-state index contributed by atoms with van der Waals surface area (Å²) >= 11 is 5.84. The summed E-state index contributed by atoms with van der Waals surface area (Å²) in [4.78, 5) is 11.4. The van der Waals surface area contributed by atoms with Crippen molar-refractivity contribution in [3.63, 3.8) is 0 Å². The molecule has 0 atom stereocenters. The maximum Gasteiger partial charge on any atom is 0.251 e. The topological polar surface area (TPSA) is 61.4 Å². The monoisotopic (exact) mass is 290 g/mol. The number of nitrogens with one attached hydrogen (secondary N) is 2. The fourth-order valence-corrected chi connectivity index (χ4v) is 1.98. The lowest BCUT2D eigenvalue weighted by molar-refractivity contribution is 0.0963. The first kappa shape index (κ1) is 14.2. The molecule has 5 heteroatoms. The number of hydrogen-bond donors (Lipinski definition) is 3. The first-order valence-corrected chi connectivity index (χ1v) is 6.52. The summed E-state index contributed by atoms with van der Waals surface area (Å²) in [5.74, 6) is -0.0346. The molecular formula is C15H15ClN2O2. The van der Waals surface area contributed by atoms with Crippen LogP contribution >= 0.6 is 11.6 Å². The lowest BCUT2D eigenvalue weighted by Crippen LogP contribution is -2.17. The number of halogens is 1. The van der Waals surface area contributed by atoms with Gasteiger partial charge in [-0.3, -0.25) is 4.79 Å². The molecule has 0 aromatic heterocycles. The molecule has 20 heavy (non-hydrogen) atoms. The molecule has 0 spiro atoms. The van der Waals surface area contributed by atoms with E-state index >= 15 is 0 Å². The number of aromatic hydroxyl groups is 1. The molecule has 4 nitrogen and oxygen atoms in total. The Morgan fingerprint density at radius 1 is 1.20 bits per heavy atom. The molecule has 2 rings (SSSR count). The number of para-hydroxylation sites is 1. The van der Waals surface area contributed by atoms with Gasteiger partial charge in [-0.15, -0.1) is 0 Å². The van der Waals surface area contributed by atoms with Gasteiger partial charge in [0.05, 0.1) is 5.02 Å². The number of amides is 1. The lowest BCUT2D eigenvalue weighted by Gasteiger charge is -2.09. The van der Waals surface area contributed by atoms with Crippen LogP contribution in [-0.2, 0) is 6.54 Å². The van der Waals surface area contributed by atoms with Gasteiger partial charge in [-0.1, -0.05) is 23.7 Å². The van der Waals surface area contributed by atoms with E-state index in [9.17, 15) is 9.90 Å². The highest BCUT2D eigenvalue weighted by Gasteiger charge is 2.05. The number of carbonyl (C=O) groups is 1. The van der Waals surface area contributed by atoms with Crippen molar-refractivity contribution in [2.24, 2.45) is 0 Å². The Hall–Kier alpha value is -2.20. The van der Waals surface area contributed by atoms with Crippen molar-refractivity contribution < 1.29 is 9.90 Å². The standard InChI is InChI=1S/C15H15ClN2O2/c1-17-15(20)10-5-7-12(8-6-10)18-9-11-3-2-4-13(16)14(11)19/h2-8,18-19H,9H2,1H3,(H,17,20). The average molecular weight is 291 g/mol. The molecular weight excluding hydrogens is 276 g/mol. The highest BCUT2D eigenvalue weighted by molar-refractivity contribution is 6.32. The maximum absolute atomic E-state index is 11.4. The molecule has 0 aliphatic carbocycles. The summed E-state index contributed by atoms with van der Waals surface area (Å²) in [6.07, 6.45) is 0. The zero-order valence-electron chi connectivity index (χ0n) is 11.0. The molecule has 0 saturated carbocycles. The van der Waals surface area contributed by atoms with Crippen molar-refractivity contribution in [1.82, 2.24) is 5.32 Å². The minimum absolute atomic E-state index is 0.0867. The van der Waals surface area contributed by atoms with E-state index in [-0.39, 0.29) is 11.7 Å². The third-order valence-electron chi connectivity index (χ3n) is 2.93. The molecule has 3 N–H and O–H groups in total. The van der Waals surface area contributed by atoms with Gasteiger partial charge >= 0.3 is 0 Å². The van der Waals surface area contributed by atoms with Crippen molar-refractivity contribution in [3.8, 4) is 5.75 Å². The number of benzene rings is 2. The normalized spacial score (nSPS) is 10.1. The van der Waals surface area contributed by atoms with E-state index in [1.54, 1.807) is 37.4 Å². The number of carbonyl (C=O) groups excluding carboxylic acids is 1. The van der Waals surface area contributed by atoms with Gasteiger partial charge in [-0.2, -0.15) is 0 Å². The Bertz CT molecular complexity index is 612. The third-order valence-corrected chi connectivity index (χ3v) is 3.23. The van der Waals surface area contributed by atoms with Gasteiger partial charge in [-0.05, 0) is 30.3 Å². The van der Waals surface area contributed by atoms with Gasteiger partial charge in [0, 0.05) is 30.4 Å². The van der Waals surface area contributed by atoms with E-state index in [2.05, 4.69) is 10.6 Å². The van der Waals surface area contributed by atoms with Crippen LogP contribution < -0.4 is 10.6 Å². The van der Waals surface area contributed by atoms with Crippen LogP contribution in [0.5, 0.6) is 5.75 Å². The van der Waals surface area contributed by atoms with Crippen molar-refractivity contribution >= 4 is 23.2 Å². The number of phenolic OH excluding ortho intramolecular Hbond substituents is 1. The zero-order chi connectivity index (χ0) is 14.5. The Labute approximate surface area is 122 Å². The quantitative estimate of drug-likeness (QED) is 0.811. The second-order valence-electron chi connectivity index (χ2n) is 4.26. The average Bonchev–Trinajstić information content (AvgIpc) is 2.48. The van der Waals surface area contributed by atoms with Crippen LogP contribution in [0.15, 0.2) is 42.5 Å². The summed E-state index contributed by atoms with van der Waals surface area (Å²) in [5.41, 5.74) is 2.17. The molecule has 0 aliphatic rings. The number of phenols is 1. The van der Waals surface area contributed by atoms with Gasteiger partial charge in [0.15, 0.2) is 0 Å². The van der Waals surface area contributed by atoms with Crippen molar-refractivity contribution in [2.75, 3.05) is 12.4 Å². The molecule has 1 amide bonds. The lowest BCUT2D eigenvalue weighted by atomic mass is 10.1. The van der Waals surface area contributed by atoms with Crippen LogP contribution in [0, 0.1) is 0 Å². The number of anilines is 1. The molecule has 0 aliphatic heterocycles. The predicted molar refractivity (Wildman–Crippen MR) is 80.3 cm³/mol. The van der Waals surface area contributed by atoms with E-state index in [4.69, 9.17) is 11.6 Å². The van der Waals surface area contributed by atoms with Gasteiger partial charge in [0.25, 0.3) is 5.91 Å². The largest absolute Gasteiger partial charge is 0.506 e. The molecule has 0 unspecified atom stereocenters. The van der Waals surface area contributed by atoms with Crippen LogP contribution in [0.2, 0.25) is 5.02 Å². The highest BCUT2D eigenvalue weighted by atomic mass is 35.5. The maximum atomic E-state index is 11.4. The van der Waals surface area contributed by atoms with E-state index < -0.39 is 0 Å². The van der Waals surface area contributed by atoms with E-state index in [1.807, 2.05) is 12.1 Å². The summed E-state index contributed by atoms with van der Waals surface area (Å²) in [6.45, 7) is 0.450. The molecule has 2 aromatic rings. The zero-order valence-corrected chi connectivity index (χ0v) is 11.7. The molecule has 0 bridgehead atoms. The van der Waals surface area contributed by atoms with Crippen LogP contribution in [0.4, 0.5) is 5.69 Å². The Morgan fingerprint density at radius 2 is 1.90 bits per heavy atom. The minimum Gasteiger partial charge on any atom is -0.506 e. The highest BCUT2D eigenvalue weighted by Crippen LogP contribution is 2.27. The smallest absolute Gasteiger partial charge is 0.251 e. The number of hydrogen-bond acceptors (Lipinski definition) is 3. The molecule has 2 aromatic carbocycles. The van der Waals surface area contributed by atoms with Crippen LogP contribution in [0.1, 0.15) is 15.9 Å². The Kier molecular flexibility index (Phi) is 4.48. The van der Waals surface area contributed by atoms with E-state index in [0.29, 0.717) is 22.7 Å². The van der Waals surface area contributed by atoms with Gasteiger partial charge < -0.3 is 15.7 Å². The van der Waals surface area contributed by atoms with Crippen LogP contribution in [0.25, 0.3) is 0 Å². The van der Waals surface area contributed by atoms with Crippen LogP contribution in [-0.4, -0.2) is 18.1 Å². The summed E-state index contributed by atoms with van der Waals surface area (Å²) < 4.78 is 0. The Morgan fingerprint density at radius 3 is 2.55 bits per heavy atom. The molecule has 0 saturated heterocycles. The fraction of sp³-hybridized carbons (Fsp3) is 0.133. The fourth-order valence-electron chi connectivity index (χ4n) is 1.78. The first-order chi connectivity index (χ1) is 9.61. The molecule has 0 heterocycles. The van der Waals surface area contributed by atoms with E-state index in [1.165, 1.54) is 0 Å². The van der Waals surface area contributed by atoms with Crippen LogP contribution in [0.3, 0.4) is 0 Å². The van der Waals surface area contributed by atoms with Crippen molar-refractivity contribution in [1.29, 1.82) is 0 Å². The minimum atomic E-state index is -0.121. The first-order valence-electron chi connectivity index (χ1n) is 6.14. The summed E-state index contributed by atoms with van der Waals surface area (Å²) in [7, 11) is 1.59. The summed E-state index contributed by atoms with van der Waals surface area (Å²) in [6, 6.07) is 12.3. The third kappa shape index (κ3) is 3.22. The SMILES string of the molecule is CNC(=O)c1ccc(NCc2cccc(Cl)c2O)cc1. The van der Waals surface area contributed by atoms with Gasteiger partial charge in [-0.25, -0.2) is 0 Å². The number of rotatable bonds is 4. The van der Waals surface area contributed by atoms with Crippen molar-refractivity contribution in [2.45, 2.75) is 6.54 Å².